The quantitative estimate of drug-likeness (QED) is 0.814. The Labute approximate surface area is 106 Å². The van der Waals surface area contributed by atoms with Crippen molar-refractivity contribution < 1.29 is 9.53 Å². The SMILES string of the molecule is CCNc1cccc(C(=O)NN2CCOCC2)n1. The van der Waals surface area contributed by atoms with Gasteiger partial charge in [0.25, 0.3) is 5.91 Å². The number of ether oxygens (including phenoxy) is 1. The van der Waals surface area contributed by atoms with Gasteiger partial charge in [-0.25, -0.2) is 9.99 Å². The molecule has 0 saturated carbocycles. The van der Waals surface area contributed by atoms with E-state index in [1.54, 1.807) is 6.07 Å². The topological polar surface area (TPSA) is 66.5 Å². The summed E-state index contributed by atoms with van der Waals surface area (Å²) in [6, 6.07) is 5.37. The summed E-state index contributed by atoms with van der Waals surface area (Å²) in [5, 5.41) is 4.94. The van der Waals surface area contributed by atoms with E-state index in [0.717, 1.165) is 6.54 Å². The van der Waals surface area contributed by atoms with Crippen LogP contribution in [0.4, 0.5) is 5.82 Å². The van der Waals surface area contributed by atoms with Crippen molar-refractivity contribution in [3.63, 3.8) is 0 Å². The second-order valence-electron chi connectivity index (χ2n) is 3.98. The van der Waals surface area contributed by atoms with Gasteiger partial charge in [0, 0.05) is 19.6 Å². The van der Waals surface area contributed by atoms with Crippen molar-refractivity contribution in [2.24, 2.45) is 0 Å². The van der Waals surface area contributed by atoms with Gasteiger partial charge in [0.15, 0.2) is 0 Å². The number of anilines is 1. The van der Waals surface area contributed by atoms with Crippen molar-refractivity contribution in [1.82, 2.24) is 15.4 Å². The predicted molar refractivity (Wildman–Crippen MR) is 68.3 cm³/mol. The molecule has 0 unspecified atom stereocenters. The average Bonchev–Trinajstić information content (AvgIpc) is 2.40. The molecule has 0 aliphatic carbocycles. The van der Waals surface area contributed by atoms with Gasteiger partial charge in [-0.1, -0.05) is 6.07 Å². The van der Waals surface area contributed by atoms with Gasteiger partial charge in [0.2, 0.25) is 0 Å². The molecule has 98 valence electrons. The Balaban J connectivity index is 1.96. The van der Waals surface area contributed by atoms with E-state index in [9.17, 15) is 4.79 Å². The molecule has 6 heteroatoms. The first-order valence-corrected chi connectivity index (χ1v) is 6.14. The molecule has 1 fully saturated rings. The van der Waals surface area contributed by atoms with E-state index in [2.05, 4.69) is 15.7 Å². The fourth-order valence-electron chi connectivity index (χ4n) is 1.72. The third-order valence-electron chi connectivity index (χ3n) is 2.61. The summed E-state index contributed by atoms with van der Waals surface area (Å²) in [6.45, 7) is 5.47. The molecule has 1 amide bonds. The van der Waals surface area contributed by atoms with Crippen LogP contribution in [0.1, 0.15) is 17.4 Å². The Morgan fingerprint density at radius 1 is 1.44 bits per heavy atom. The van der Waals surface area contributed by atoms with E-state index >= 15 is 0 Å². The number of hydrogen-bond acceptors (Lipinski definition) is 5. The predicted octanol–water partition coefficient (Wildman–Crippen LogP) is 0.490. The van der Waals surface area contributed by atoms with Crippen molar-refractivity contribution in [3.8, 4) is 0 Å². The van der Waals surface area contributed by atoms with Gasteiger partial charge in [-0.2, -0.15) is 0 Å². The number of morpholine rings is 1. The molecule has 0 bridgehead atoms. The van der Waals surface area contributed by atoms with Crippen molar-refractivity contribution in [1.29, 1.82) is 0 Å². The van der Waals surface area contributed by atoms with E-state index in [4.69, 9.17) is 4.74 Å². The summed E-state index contributed by atoms with van der Waals surface area (Å²) in [6.07, 6.45) is 0. The highest BCUT2D eigenvalue weighted by Gasteiger charge is 2.15. The Bertz CT molecular complexity index is 405. The van der Waals surface area contributed by atoms with E-state index in [-0.39, 0.29) is 5.91 Å². The Morgan fingerprint density at radius 2 is 2.22 bits per heavy atom. The van der Waals surface area contributed by atoms with Crippen molar-refractivity contribution in [2.75, 3.05) is 38.2 Å². The van der Waals surface area contributed by atoms with Gasteiger partial charge in [0.05, 0.1) is 13.2 Å². The molecule has 0 atom stereocenters. The fourth-order valence-corrected chi connectivity index (χ4v) is 1.72. The summed E-state index contributed by atoms with van der Waals surface area (Å²) in [7, 11) is 0. The molecule has 1 saturated heterocycles. The first-order valence-electron chi connectivity index (χ1n) is 6.14. The Kier molecular flexibility index (Phi) is 4.49. The molecule has 2 heterocycles. The van der Waals surface area contributed by atoms with Gasteiger partial charge < -0.3 is 10.1 Å². The first kappa shape index (κ1) is 12.8. The molecule has 0 spiro atoms. The molecule has 2 rings (SSSR count). The highest BCUT2D eigenvalue weighted by Crippen LogP contribution is 2.05. The molecule has 1 aliphatic heterocycles. The molecule has 1 aliphatic rings. The lowest BCUT2D eigenvalue weighted by atomic mass is 10.3. The van der Waals surface area contributed by atoms with Gasteiger partial charge in [-0.15, -0.1) is 0 Å². The van der Waals surface area contributed by atoms with Crippen LogP contribution in [0.25, 0.3) is 0 Å². The van der Waals surface area contributed by atoms with Crippen LogP contribution in [0.5, 0.6) is 0 Å². The van der Waals surface area contributed by atoms with Crippen LogP contribution in [-0.4, -0.2) is 48.7 Å². The molecule has 1 aromatic heterocycles. The Hall–Kier alpha value is -1.66. The molecule has 2 N–H and O–H groups in total. The molecule has 6 nitrogen and oxygen atoms in total. The van der Waals surface area contributed by atoms with Crippen molar-refractivity contribution in [3.05, 3.63) is 23.9 Å². The fraction of sp³-hybridized carbons (Fsp3) is 0.500. The van der Waals surface area contributed by atoms with E-state index < -0.39 is 0 Å². The summed E-state index contributed by atoms with van der Waals surface area (Å²) < 4.78 is 5.22. The zero-order chi connectivity index (χ0) is 12.8. The zero-order valence-electron chi connectivity index (χ0n) is 10.5. The van der Waals surface area contributed by atoms with Crippen LogP contribution < -0.4 is 10.7 Å². The number of rotatable bonds is 4. The highest BCUT2D eigenvalue weighted by molar-refractivity contribution is 5.92. The van der Waals surface area contributed by atoms with Crippen molar-refractivity contribution in [2.45, 2.75) is 6.92 Å². The molecule has 0 aromatic carbocycles. The van der Waals surface area contributed by atoms with Crippen LogP contribution in [0.3, 0.4) is 0 Å². The van der Waals surface area contributed by atoms with E-state index in [1.807, 2.05) is 24.1 Å². The largest absolute Gasteiger partial charge is 0.379 e. The lowest BCUT2D eigenvalue weighted by Gasteiger charge is -2.26. The molecular formula is C12H18N4O2. The number of hydrogen-bond donors (Lipinski definition) is 2. The third-order valence-corrected chi connectivity index (χ3v) is 2.61. The smallest absolute Gasteiger partial charge is 0.284 e. The molecule has 0 radical (unpaired) electrons. The number of nitrogens with zero attached hydrogens (tertiary/aromatic N) is 2. The number of amides is 1. The summed E-state index contributed by atoms with van der Waals surface area (Å²) in [5.41, 5.74) is 3.25. The zero-order valence-corrected chi connectivity index (χ0v) is 10.5. The lowest BCUT2D eigenvalue weighted by Crippen LogP contribution is -2.48. The minimum Gasteiger partial charge on any atom is -0.379 e. The second-order valence-corrected chi connectivity index (χ2v) is 3.98. The molecule has 18 heavy (non-hydrogen) atoms. The minimum absolute atomic E-state index is 0.184. The van der Waals surface area contributed by atoms with E-state index in [1.165, 1.54) is 0 Å². The minimum atomic E-state index is -0.184. The summed E-state index contributed by atoms with van der Waals surface area (Å²) in [5.74, 6) is 0.531. The number of pyridine rings is 1. The third kappa shape index (κ3) is 3.41. The maximum atomic E-state index is 12.0. The number of hydrazine groups is 1. The van der Waals surface area contributed by atoms with Crippen LogP contribution in [0, 0.1) is 0 Å². The first-order chi connectivity index (χ1) is 8.79. The monoisotopic (exact) mass is 250 g/mol. The lowest BCUT2D eigenvalue weighted by molar-refractivity contribution is 0.0124. The van der Waals surface area contributed by atoms with Crippen LogP contribution in [0.15, 0.2) is 18.2 Å². The maximum Gasteiger partial charge on any atom is 0.284 e. The van der Waals surface area contributed by atoms with Crippen LogP contribution >= 0.6 is 0 Å². The Morgan fingerprint density at radius 3 is 2.94 bits per heavy atom. The number of carbonyl (C=O) groups is 1. The average molecular weight is 250 g/mol. The number of carbonyl (C=O) groups excluding carboxylic acids is 1. The number of aromatic nitrogens is 1. The van der Waals surface area contributed by atoms with E-state index in [0.29, 0.717) is 37.8 Å². The second kappa shape index (κ2) is 6.32. The number of nitrogens with one attached hydrogen (secondary N) is 2. The molecule has 1 aromatic rings. The standard InChI is InChI=1S/C12H18N4O2/c1-2-13-11-5-3-4-10(14-11)12(17)15-16-6-8-18-9-7-16/h3-5H,2,6-9H2,1H3,(H,13,14)(H,15,17). The van der Waals surface area contributed by atoms with Crippen molar-refractivity contribution >= 4 is 11.7 Å². The highest BCUT2D eigenvalue weighted by atomic mass is 16.5. The normalized spacial score (nSPS) is 16.3. The van der Waals surface area contributed by atoms with Gasteiger partial charge in [-0.05, 0) is 19.1 Å². The summed E-state index contributed by atoms with van der Waals surface area (Å²) in [4.78, 5) is 16.2. The molecular weight excluding hydrogens is 232 g/mol. The van der Waals surface area contributed by atoms with Crippen LogP contribution in [0.2, 0.25) is 0 Å². The van der Waals surface area contributed by atoms with Crippen LogP contribution in [-0.2, 0) is 4.74 Å². The van der Waals surface area contributed by atoms with Gasteiger partial charge in [0.1, 0.15) is 11.5 Å². The maximum absolute atomic E-state index is 12.0. The van der Waals surface area contributed by atoms with Gasteiger partial charge in [-0.3, -0.25) is 10.2 Å². The van der Waals surface area contributed by atoms with Gasteiger partial charge >= 0.3 is 0 Å². The summed E-state index contributed by atoms with van der Waals surface area (Å²) >= 11 is 0.